The second-order valence-corrected chi connectivity index (χ2v) is 6.50. The van der Waals surface area contributed by atoms with Gasteiger partial charge in [-0.1, -0.05) is 36.4 Å². The number of hydrogen-bond acceptors (Lipinski definition) is 4. The van der Waals surface area contributed by atoms with Crippen LogP contribution in [0.3, 0.4) is 0 Å². The lowest BCUT2D eigenvalue weighted by atomic mass is 9.87. The number of nitrogens with one attached hydrogen (secondary N) is 1. The second-order valence-electron chi connectivity index (χ2n) is 6.50. The Labute approximate surface area is 157 Å². The monoisotopic (exact) mass is 371 g/mol. The molecule has 0 aromatic heterocycles. The van der Waals surface area contributed by atoms with Crippen molar-refractivity contribution in [2.24, 2.45) is 0 Å². The van der Waals surface area contributed by atoms with Crippen LogP contribution in [0.2, 0.25) is 0 Å². The number of rotatable bonds is 6. The van der Waals surface area contributed by atoms with Crippen LogP contribution < -0.4 is 10.1 Å². The number of amides is 1. The van der Waals surface area contributed by atoms with Crippen molar-refractivity contribution in [2.75, 3.05) is 6.61 Å². The fraction of sp³-hybridized carbons (Fsp3) is 0.333. The summed E-state index contributed by atoms with van der Waals surface area (Å²) in [5.41, 5.74) is 2.34. The fourth-order valence-corrected chi connectivity index (χ4v) is 3.18. The Kier molecular flexibility index (Phi) is 6.06. The first-order chi connectivity index (χ1) is 13.0. The van der Waals surface area contributed by atoms with Crippen molar-refractivity contribution in [1.82, 2.24) is 5.32 Å². The van der Waals surface area contributed by atoms with Gasteiger partial charge in [-0.25, -0.2) is 9.18 Å². The normalized spacial score (nSPS) is 16.7. The second kappa shape index (κ2) is 8.66. The number of hydrogen-bond donors (Lipinski definition) is 1. The lowest BCUT2D eigenvalue weighted by Crippen LogP contribution is -2.39. The summed E-state index contributed by atoms with van der Waals surface area (Å²) in [5.74, 6) is -1.70. The van der Waals surface area contributed by atoms with E-state index in [2.05, 4.69) is 11.4 Å². The van der Waals surface area contributed by atoms with Gasteiger partial charge in [0.1, 0.15) is 0 Å². The van der Waals surface area contributed by atoms with Crippen LogP contribution in [0.5, 0.6) is 5.75 Å². The fourth-order valence-electron chi connectivity index (χ4n) is 3.18. The third-order valence-electron chi connectivity index (χ3n) is 4.55. The maximum atomic E-state index is 13.5. The number of aryl methyl sites for hydroxylation is 1. The summed E-state index contributed by atoms with van der Waals surface area (Å²) in [4.78, 5) is 24.3. The van der Waals surface area contributed by atoms with E-state index < -0.39 is 24.5 Å². The Balaban J connectivity index is 1.51. The predicted octanol–water partition coefficient (Wildman–Crippen LogP) is 3.33. The zero-order valence-electron chi connectivity index (χ0n) is 15.1. The van der Waals surface area contributed by atoms with Crippen molar-refractivity contribution in [1.29, 1.82) is 0 Å². The minimum Gasteiger partial charge on any atom is -0.479 e. The van der Waals surface area contributed by atoms with Crippen molar-refractivity contribution in [3.05, 3.63) is 65.5 Å². The topological polar surface area (TPSA) is 64.6 Å². The lowest BCUT2D eigenvalue weighted by Gasteiger charge is -2.27. The zero-order chi connectivity index (χ0) is 19.2. The van der Waals surface area contributed by atoms with Gasteiger partial charge in [-0.15, -0.1) is 0 Å². The van der Waals surface area contributed by atoms with E-state index in [9.17, 15) is 14.0 Å². The molecule has 6 heteroatoms. The predicted molar refractivity (Wildman–Crippen MR) is 97.7 cm³/mol. The molecule has 3 rings (SSSR count). The van der Waals surface area contributed by atoms with E-state index in [1.165, 1.54) is 30.7 Å². The highest BCUT2D eigenvalue weighted by atomic mass is 19.1. The van der Waals surface area contributed by atoms with Crippen LogP contribution in [0.25, 0.3) is 0 Å². The van der Waals surface area contributed by atoms with Gasteiger partial charge < -0.3 is 14.8 Å². The third kappa shape index (κ3) is 4.84. The van der Waals surface area contributed by atoms with Gasteiger partial charge in [0.2, 0.25) is 0 Å². The van der Waals surface area contributed by atoms with E-state index in [0.717, 1.165) is 24.8 Å². The SMILES string of the molecule is C[C@H](OC(=O)COc1ccccc1F)C(=O)N[C@@H]1CCCc2ccccc21. The molecule has 2 aromatic carbocycles. The molecule has 0 spiro atoms. The van der Waals surface area contributed by atoms with Crippen LogP contribution in [-0.2, 0) is 20.7 Å². The van der Waals surface area contributed by atoms with Crippen molar-refractivity contribution < 1.29 is 23.5 Å². The van der Waals surface area contributed by atoms with Gasteiger partial charge in [0.15, 0.2) is 24.3 Å². The summed E-state index contributed by atoms with van der Waals surface area (Å²) in [6.07, 6.45) is 1.88. The Morgan fingerprint density at radius 2 is 1.93 bits per heavy atom. The molecule has 0 bridgehead atoms. The maximum Gasteiger partial charge on any atom is 0.344 e. The molecule has 0 unspecified atom stereocenters. The van der Waals surface area contributed by atoms with Crippen LogP contribution in [0.15, 0.2) is 48.5 Å². The van der Waals surface area contributed by atoms with Crippen LogP contribution in [0, 0.1) is 5.82 Å². The summed E-state index contributed by atoms with van der Waals surface area (Å²) in [6, 6.07) is 13.7. The first kappa shape index (κ1) is 18.9. The molecule has 1 amide bonds. The molecule has 0 saturated heterocycles. The molecule has 2 aromatic rings. The van der Waals surface area contributed by atoms with Gasteiger partial charge in [-0.05, 0) is 49.4 Å². The average Bonchev–Trinajstić information content (AvgIpc) is 2.67. The molecule has 0 aliphatic heterocycles. The molecule has 1 aliphatic rings. The largest absolute Gasteiger partial charge is 0.479 e. The highest BCUT2D eigenvalue weighted by Crippen LogP contribution is 2.29. The summed E-state index contributed by atoms with van der Waals surface area (Å²) >= 11 is 0. The van der Waals surface area contributed by atoms with Crippen LogP contribution in [0.4, 0.5) is 4.39 Å². The highest BCUT2D eigenvalue weighted by molar-refractivity contribution is 5.84. The summed E-state index contributed by atoms with van der Waals surface area (Å²) < 4.78 is 23.7. The molecular formula is C21H22FNO4. The number of para-hydroxylation sites is 1. The molecule has 0 fully saturated rings. The van der Waals surface area contributed by atoms with E-state index in [0.29, 0.717) is 0 Å². The van der Waals surface area contributed by atoms with Gasteiger partial charge in [-0.2, -0.15) is 0 Å². The standard InChI is InChI=1S/C21H22FNO4/c1-14(27-20(24)13-26-19-12-5-4-10-17(19)22)21(25)23-18-11-6-8-15-7-2-3-9-16(15)18/h2-5,7,9-10,12,14,18H,6,8,11,13H2,1H3,(H,23,25)/t14-,18+/m0/s1. The average molecular weight is 371 g/mol. The van der Waals surface area contributed by atoms with Gasteiger partial charge in [-0.3, -0.25) is 4.79 Å². The van der Waals surface area contributed by atoms with Crippen molar-refractivity contribution >= 4 is 11.9 Å². The first-order valence-electron chi connectivity index (χ1n) is 8.99. The number of halogens is 1. The smallest absolute Gasteiger partial charge is 0.344 e. The Bertz CT molecular complexity index is 823. The molecule has 1 aliphatic carbocycles. The molecule has 5 nitrogen and oxygen atoms in total. The molecule has 2 atom stereocenters. The maximum absolute atomic E-state index is 13.5. The number of ether oxygens (including phenoxy) is 2. The molecule has 0 radical (unpaired) electrons. The summed E-state index contributed by atoms with van der Waals surface area (Å²) in [5, 5.41) is 2.95. The molecule has 0 saturated carbocycles. The van der Waals surface area contributed by atoms with E-state index >= 15 is 0 Å². The first-order valence-corrected chi connectivity index (χ1v) is 8.99. The van der Waals surface area contributed by atoms with Crippen molar-refractivity contribution in [3.8, 4) is 5.75 Å². The van der Waals surface area contributed by atoms with Crippen LogP contribution in [-0.4, -0.2) is 24.6 Å². The molecule has 142 valence electrons. The highest BCUT2D eigenvalue weighted by Gasteiger charge is 2.25. The van der Waals surface area contributed by atoms with Crippen LogP contribution >= 0.6 is 0 Å². The Morgan fingerprint density at radius 3 is 2.74 bits per heavy atom. The summed E-state index contributed by atoms with van der Waals surface area (Å²) in [7, 11) is 0. The molecule has 27 heavy (non-hydrogen) atoms. The van der Waals surface area contributed by atoms with Crippen LogP contribution in [0.1, 0.15) is 36.9 Å². The lowest BCUT2D eigenvalue weighted by molar-refractivity contribution is -0.157. The number of esters is 1. The minimum atomic E-state index is -0.962. The van der Waals surface area contributed by atoms with Gasteiger partial charge in [0.05, 0.1) is 6.04 Å². The van der Waals surface area contributed by atoms with Crippen molar-refractivity contribution in [3.63, 3.8) is 0 Å². The van der Waals surface area contributed by atoms with Gasteiger partial charge in [0.25, 0.3) is 5.91 Å². The third-order valence-corrected chi connectivity index (χ3v) is 4.55. The van der Waals surface area contributed by atoms with Gasteiger partial charge >= 0.3 is 5.97 Å². The Morgan fingerprint density at radius 1 is 1.19 bits per heavy atom. The number of fused-ring (bicyclic) bond motifs is 1. The van der Waals surface area contributed by atoms with Crippen molar-refractivity contribution in [2.45, 2.75) is 38.3 Å². The molecule has 1 N–H and O–H groups in total. The number of benzene rings is 2. The van der Waals surface area contributed by atoms with E-state index in [4.69, 9.17) is 9.47 Å². The number of carbonyl (C=O) groups is 2. The quantitative estimate of drug-likeness (QED) is 0.791. The molecular weight excluding hydrogens is 349 g/mol. The van der Waals surface area contributed by atoms with E-state index in [-0.39, 0.29) is 17.7 Å². The minimum absolute atomic E-state index is 0.0367. The van der Waals surface area contributed by atoms with Gasteiger partial charge in [0, 0.05) is 0 Å². The zero-order valence-corrected chi connectivity index (χ0v) is 15.1. The molecule has 0 heterocycles. The number of carbonyl (C=O) groups excluding carboxylic acids is 2. The van der Waals surface area contributed by atoms with E-state index in [1.807, 2.05) is 18.2 Å². The Hall–Kier alpha value is -2.89. The van der Waals surface area contributed by atoms with E-state index in [1.54, 1.807) is 6.07 Å². The summed E-state index contributed by atoms with van der Waals surface area (Å²) in [6.45, 7) is 1.04.